The van der Waals surface area contributed by atoms with Crippen molar-refractivity contribution in [3.05, 3.63) is 53.9 Å². The van der Waals surface area contributed by atoms with E-state index in [1.54, 1.807) is 19.5 Å². The number of ether oxygens (including phenoxy) is 1. The van der Waals surface area contributed by atoms with Gasteiger partial charge in [-0.1, -0.05) is 11.6 Å². The summed E-state index contributed by atoms with van der Waals surface area (Å²) in [5, 5.41) is 4.57. The lowest BCUT2D eigenvalue weighted by Crippen LogP contribution is -2.39. The van der Waals surface area contributed by atoms with Crippen LogP contribution in [0.25, 0.3) is 22.3 Å². The van der Waals surface area contributed by atoms with Gasteiger partial charge in [-0.15, -0.1) is 0 Å². The summed E-state index contributed by atoms with van der Waals surface area (Å²) in [6.07, 6.45) is 5.12. The first kappa shape index (κ1) is 21.5. The Bertz CT molecular complexity index is 1420. The third-order valence-corrected chi connectivity index (χ3v) is 7.59. The highest BCUT2D eigenvalue weighted by molar-refractivity contribution is 7.92. The topological polar surface area (TPSA) is 120 Å². The van der Waals surface area contributed by atoms with Gasteiger partial charge >= 0.3 is 0 Å². The van der Waals surface area contributed by atoms with Crippen molar-refractivity contribution in [3.8, 4) is 17.0 Å². The number of methoxy groups -OCH3 is 1. The number of halogens is 1. The zero-order valence-corrected chi connectivity index (χ0v) is 19.4. The predicted octanol–water partition coefficient (Wildman–Crippen LogP) is 4.29. The molecule has 3 aromatic heterocycles. The fourth-order valence-corrected chi connectivity index (χ4v) is 5.28. The summed E-state index contributed by atoms with van der Waals surface area (Å²) < 4.78 is 25.3. The van der Waals surface area contributed by atoms with Crippen LogP contribution in [0.4, 0.5) is 17.3 Å². The molecule has 0 amide bonds. The van der Waals surface area contributed by atoms with Gasteiger partial charge in [0.2, 0.25) is 5.95 Å². The number of fused-ring (bicyclic) bond motifs is 1. The number of benzene rings is 1. The van der Waals surface area contributed by atoms with Crippen LogP contribution in [-0.2, 0) is 9.73 Å². The number of nitrogens with one attached hydrogen (secondary N) is 3. The van der Waals surface area contributed by atoms with Crippen molar-refractivity contribution in [3.63, 3.8) is 0 Å². The molecule has 4 aromatic rings. The Morgan fingerprint density at radius 1 is 1.24 bits per heavy atom. The molecule has 0 bridgehead atoms. The van der Waals surface area contributed by atoms with E-state index in [1.807, 2.05) is 36.5 Å². The number of H-pyrrole nitrogens is 1. The maximum atomic E-state index is 11.9. The third-order valence-electron chi connectivity index (χ3n) is 5.63. The van der Waals surface area contributed by atoms with E-state index >= 15 is 0 Å². The largest absolute Gasteiger partial charge is 0.494 e. The van der Waals surface area contributed by atoms with E-state index in [2.05, 4.69) is 30.2 Å². The Morgan fingerprint density at radius 3 is 2.85 bits per heavy atom. The van der Waals surface area contributed by atoms with Crippen LogP contribution in [0.15, 0.2) is 48.9 Å². The standard InChI is InChI=1S/C22H22ClN7O2S/c1-32-19-11-14(30-7-9-33(24,31)10-8-30)4-5-18(19)28-22-27-13-17(23)20(29-22)16-12-26-21-15(16)3-2-6-25-21/h2-6,11-13,24H,7-10H2,1H3,(H,25,26)(H,27,28,29). The summed E-state index contributed by atoms with van der Waals surface area (Å²) in [6, 6.07) is 9.60. The summed E-state index contributed by atoms with van der Waals surface area (Å²) in [7, 11) is -0.846. The molecule has 5 rings (SSSR count). The summed E-state index contributed by atoms with van der Waals surface area (Å²) in [5.41, 5.74) is 3.85. The van der Waals surface area contributed by atoms with Gasteiger partial charge in [-0.3, -0.25) is 4.78 Å². The van der Waals surface area contributed by atoms with Gasteiger partial charge in [0, 0.05) is 69.4 Å². The molecule has 0 spiro atoms. The highest BCUT2D eigenvalue weighted by Gasteiger charge is 2.20. The van der Waals surface area contributed by atoms with Crippen molar-refractivity contribution in [2.45, 2.75) is 0 Å². The summed E-state index contributed by atoms with van der Waals surface area (Å²) >= 11 is 6.43. The quantitative estimate of drug-likeness (QED) is 0.387. The maximum Gasteiger partial charge on any atom is 0.227 e. The molecule has 3 N–H and O–H groups in total. The molecule has 0 radical (unpaired) electrons. The number of aromatic amines is 1. The molecule has 1 aromatic carbocycles. The van der Waals surface area contributed by atoms with Gasteiger partial charge in [-0.05, 0) is 24.3 Å². The van der Waals surface area contributed by atoms with Crippen molar-refractivity contribution in [2.75, 3.05) is 41.9 Å². The molecule has 0 aliphatic carbocycles. The van der Waals surface area contributed by atoms with Gasteiger partial charge in [0.25, 0.3) is 0 Å². The fourth-order valence-electron chi connectivity index (χ4n) is 3.86. The van der Waals surface area contributed by atoms with E-state index in [-0.39, 0.29) is 0 Å². The van der Waals surface area contributed by atoms with Crippen LogP contribution in [0.2, 0.25) is 5.02 Å². The first-order valence-electron chi connectivity index (χ1n) is 10.3. The molecule has 4 heterocycles. The number of hydrogen-bond acceptors (Lipinski definition) is 8. The van der Waals surface area contributed by atoms with Gasteiger partial charge < -0.3 is 19.9 Å². The molecule has 9 nitrogen and oxygen atoms in total. The van der Waals surface area contributed by atoms with Crippen molar-refractivity contribution in [1.29, 1.82) is 4.78 Å². The Kier molecular flexibility index (Phi) is 5.55. The number of hydrogen-bond donors (Lipinski definition) is 3. The number of anilines is 3. The third kappa shape index (κ3) is 4.31. The van der Waals surface area contributed by atoms with Gasteiger partial charge in [0.05, 0.1) is 29.7 Å². The van der Waals surface area contributed by atoms with Crippen LogP contribution in [-0.4, -0.2) is 55.8 Å². The van der Waals surface area contributed by atoms with Crippen LogP contribution in [0.1, 0.15) is 0 Å². The van der Waals surface area contributed by atoms with Crippen LogP contribution in [0.5, 0.6) is 5.75 Å². The van der Waals surface area contributed by atoms with E-state index in [4.69, 9.17) is 21.1 Å². The highest BCUT2D eigenvalue weighted by Crippen LogP contribution is 2.35. The molecule has 0 unspecified atom stereocenters. The Balaban J connectivity index is 1.43. The second-order valence-corrected chi connectivity index (χ2v) is 10.6. The van der Waals surface area contributed by atoms with Gasteiger partial charge in [-0.2, -0.15) is 0 Å². The Labute approximate surface area is 196 Å². The van der Waals surface area contributed by atoms with Gasteiger partial charge in [0.1, 0.15) is 11.4 Å². The molecule has 0 saturated carbocycles. The van der Waals surface area contributed by atoms with E-state index in [0.717, 1.165) is 22.3 Å². The van der Waals surface area contributed by atoms with Crippen LogP contribution < -0.4 is 15.0 Å². The SMILES string of the molecule is COc1cc(N2CCS(=N)(=O)CC2)ccc1Nc1ncc(Cl)c(-c2c[nH]c3ncccc23)n1. The average molecular weight is 484 g/mol. The van der Waals surface area contributed by atoms with E-state index in [1.165, 1.54) is 0 Å². The minimum absolute atomic E-state index is 0.375. The number of pyridine rings is 1. The molecule has 1 fully saturated rings. The maximum absolute atomic E-state index is 11.9. The molecule has 11 heteroatoms. The molecule has 170 valence electrons. The predicted molar refractivity (Wildman–Crippen MR) is 131 cm³/mol. The second kappa shape index (κ2) is 8.53. The van der Waals surface area contributed by atoms with E-state index in [9.17, 15) is 4.21 Å². The summed E-state index contributed by atoms with van der Waals surface area (Å²) in [6.45, 7) is 1.17. The number of nitrogens with zero attached hydrogens (tertiary/aromatic N) is 4. The lowest BCUT2D eigenvalue weighted by atomic mass is 10.1. The molecule has 33 heavy (non-hydrogen) atoms. The van der Waals surface area contributed by atoms with Crippen molar-refractivity contribution in [1.82, 2.24) is 19.9 Å². The molecule has 1 aliphatic heterocycles. The average Bonchev–Trinajstić information content (AvgIpc) is 3.25. The first-order chi connectivity index (χ1) is 15.9. The number of aromatic nitrogens is 4. The monoisotopic (exact) mass is 483 g/mol. The Hall–Kier alpha value is -3.37. The van der Waals surface area contributed by atoms with Crippen molar-refractivity contribution >= 4 is 49.7 Å². The van der Waals surface area contributed by atoms with Gasteiger partial charge in [-0.25, -0.2) is 19.2 Å². The molecule has 0 atom stereocenters. The zero-order chi connectivity index (χ0) is 23.0. The molecule has 1 aliphatic rings. The van der Waals surface area contributed by atoms with E-state index < -0.39 is 9.73 Å². The van der Waals surface area contributed by atoms with Crippen molar-refractivity contribution in [2.24, 2.45) is 0 Å². The fraction of sp³-hybridized carbons (Fsp3) is 0.227. The smallest absolute Gasteiger partial charge is 0.227 e. The highest BCUT2D eigenvalue weighted by atomic mass is 35.5. The summed E-state index contributed by atoms with van der Waals surface area (Å²) in [4.78, 5) is 18.5. The van der Waals surface area contributed by atoms with Crippen LogP contribution >= 0.6 is 11.6 Å². The van der Waals surface area contributed by atoms with E-state index in [0.29, 0.717) is 52.7 Å². The van der Waals surface area contributed by atoms with Gasteiger partial charge in [0.15, 0.2) is 0 Å². The second-order valence-electron chi connectivity index (χ2n) is 7.71. The van der Waals surface area contributed by atoms with Crippen LogP contribution in [0.3, 0.4) is 0 Å². The minimum Gasteiger partial charge on any atom is -0.494 e. The molecular weight excluding hydrogens is 462 g/mol. The first-order valence-corrected chi connectivity index (χ1v) is 12.6. The zero-order valence-electron chi connectivity index (χ0n) is 17.8. The van der Waals surface area contributed by atoms with Crippen molar-refractivity contribution < 1.29 is 8.95 Å². The number of rotatable bonds is 5. The Morgan fingerprint density at radius 2 is 2.06 bits per heavy atom. The summed E-state index contributed by atoms with van der Waals surface area (Å²) in [5.74, 6) is 1.76. The van der Waals surface area contributed by atoms with Crippen LogP contribution in [0, 0.1) is 4.78 Å². The molecular formula is C22H22ClN7O2S. The molecule has 1 saturated heterocycles. The minimum atomic E-state index is -2.45. The normalized spacial score (nSPS) is 15.5. The lowest BCUT2D eigenvalue weighted by molar-refractivity contribution is 0.416. The lowest BCUT2D eigenvalue weighted by Gasteiger charge is -2.30.